The van der Waals surface area contributed by atoms with Crippen molar-refractivity contribution in [3.63, 3.8) is 0 Å². The van der Waals surface area contributed by atoms with Gasteiger partial charge in [-0.3, -0.25) is 4.68 Å². The molecule has 5 rings (SSSR count). The molecule has 33 heavy (non-hydrogen) atoms. The third-order valence-electron chi connectivity index (χ3n) is 6.02. The van der Waals surface area contributed by atoms with E-state index in [4.69, 9.17) is 14.5 Å². The molecule has 0 bridgehead atoms. The van der Waals surface area contributed by atoms with Gasteiger partial charge >= 0.3 is 0 Å². The van der Waals surface area contributed by atoms with Crippen molar-refractivity contribution < 1.29 is 9.47 Å². The highest BCUT2D eigenvalue weighted by Crippen LogP contribution is 2.32. The second-order valence-electron chi connectivity index (χ2n) is 8.29. The highest BCUT2D eigenvalue weighted by Gasteiger charge is 2.23. The third-order valence-corrected chi connectivity index (χ3v) is 6.02. The van der Waals surface area contributed by atoms with Gasteiger partial charge in [-0.1, -0.05) is 6.07 Å². The maximum absolute atomic E-state index is 5.63. The van der Waals surface area contributed by atoms with Crippen molar-refractivity contribution in [3.05, 3.63) is 49.1 Å². The molecule has 1 aliphatic heterocycles. The largest absolute Gasteiger partial charge is 0.495 e. The average molecular weight is 446 g/mol. The fourth-order valence-electron chi connectivity index (χ4n) is 4.07. The number of ether oxygens (including phenoxy) is 2. The minimum Gasteiger partial charge on any atom is -0.495 e. The smallest absolute Gasteiger partial charge is 0.227 e. The van der Waals surface area contributed by atoms with Crippen LogP contribution >= 0.6 is 0 Å². The van der Waals surface area contributed by atoms with Crippen LogP contribution in [0.1, 0.15) is 13.3 Å². The monoisotopic (exact) mass is 445 g/mol. The predicted octanol–water partition coefficient (Wildman–Crippen LogP) is 4.01. The maximum atomic E-state index is 5.63. The number of anilines is 3. The number of hydrogen-bond donors (Lipinski definition) is 2. The predicted molar refractivity (Wildman–Crippen MR) is 128 cm³/mol. The zero-order chi connectivity index (χ0) is 22.8. The number of nitrogens with zero attached hydrogens (tertiary/aromatic N) is 5. The van der Waals surface area contributed by atoms with Crippen molar-refractivity contribution in [2.45, 2.75) is 19.4 Å². The van der Waals surface area contributed by atoms with E-state index in [1.54, 1.807) is 24.2 Å². The normalized spacial score (nSPS) is 16.6. The Bertz CT molecular complexity index is 1270. The molecule has 1 saturated heterocycles. The number of hydrogen-bond acceptors (Lipinski definition) is 8. The number of fused-ring (bicyclic) bond motifs is 1. The summed E-state index contributed by atoms with van der Waals surface area (Å²) in [6, 6.07) is 8.09. The first-order valence-corrected chi connectivity index (χ1v) is 11.0. The van der Waals surface area contributed by atoms with Gasteiger partial charge in [0, 0.05) is 55.2 Å². The third kappa shape index (κ3) is 4.45. The standard InChI is InChI=1S/C24H27N7O2/c1-15(18-7-9-33-14-18)28-23-22-17(6-8-25-23)11-26-24(30-22)29-20-5-4-16(10-21(20)32-3)19-12-27-31(2)13-19/h4-6,8,10-13,15,18H,7,9,14H2,1-3H3,(H,25,28)(H,26,29,30). The molecule has 2 N–H and O–H groups in total. The Labute approximate surface area is 192 Å². The molecule has 9 nitrogen and oxygen atoms in total. The summed E-state index contributed by atoms with van der Waals surface area (Å²) < 4.78 is 12.9. The van der Waals surface area contributed by atoms with E-state index in [9.17, 15) is 0 Å². The van der Waals surface area contributed by atoms with Crippen LogP contribution in [-0.2, 0) is 11.8 Å². The van der Waals surface area contributed by atoms with Crippen LogP contribution in [0.4, 0.5) is 17.5 Å². The summed E-state index contributed by atoms with van der Waals surface area (Å²) in [5, 5.41) is 12.0. The van der Waals surface area contributed by atoms with Gasteiger partial charge in [0.2, 0.25) is 5.95 Å². The van der Waals surface area contributed by atoms with E-state index >= 15 is 0 Å². The van der Waals surface area contributed by atoms with Gasteiger partial charge in [-0.2, -0.15) is 5.10 Å². The van der Waals surface area contributed by atoms with E-state index in [-0.39, 0.29) is 6.04 Å². The molecule has 0 aliphatic carbocycles. The highest BCUT2D eigenvalue weighted by atomic mass is 16.5. The second kappa shape index (κ2) is 9.03. The molecule has 2 atom stereocenters. The molecule has 1 aliphatic rings. The van der Waals surface area contributed by atoms with E-state index in [0.29, 0.717) is 17.6 Å². The Hall–Kier alpha value is -3.72. The molecule has 0 saturated carbocycles. The van der Waals surface area contributed by atoms with Crippen LogP contribution < -0.4 is 15.4 Å². The molecular formula is C24H27N7O2. The lowest BCUT2D eigenvalue weighted by molar-refractivity contribution is 0.183. The molecule has 0 radical (unpaired) electrons. The number of aromatic nitrogens is 5. The van der Waals surface area contributed by atoms with E-state index in [0.717, 1.165) is 53.2 Å². The topological polar surface area (TPSA) is 99.0 Å². The number of aryl methyl sites for hydroxylation is 1. The van der Waals surface area contributed by atoms with Gasteiger partial charge in [0.05, 0.1) is 25.6 Å². The van der Waals surface area contributed by atoms with E-state index in [1.807, 2.05) is 43.7 Å². The molecule has 3 aromatic heterocycles. The number of methoxy groups -OCH3 is 1. The van der Waals surface area contributed by atoms with Crippen LogP contribution in [0.5, 0.6) is 5.75 Å². The first kappa shape index (κ1) is 21.1. The van der Waals surface area contributed by atoms with Crippen LogP contribution in [0.15, 0.2) is 49.1 Å². The molecule has 1 aromatic carbocycles. The van der Waals surface area contributed by atoms with Gasteiger partial charge in [0.25, 0.3) is 0 Å². The van der Waals surface area contributed by atoms with Crippen LogP contribution in [-0.4, -0.2) is 51.1 Å². The minimum atomic E-state index is 0.233. The van der Waals surface area contributed by atoms with Gasteiger partial charge in [0.1, 0.15) is 11.3 Å². The Balaban J connectivity index is 1.42. The van der Waals surface area contributed by atoms with Crippen molar-refractivity contribution in [2.75, 3.05) is 31.0 Å². The number of benzene rings is 1. The Kier molecular flexibility index (Phi) is 5.78. The zero-order valence-corrected chi connectivity index (χ0v) is 18.9. The van der Waals surface area contributed by atoms with Gasteiger partial charge < -0.3 is 20.1 Å². The first-order chi connectivity index (χ1) is 16.1. The quantitative estimate of drug-likeness (QED) is 0.440. The molecule has 4 heterocycles. The van der Waals surface area contributed by atoms with E-state index in [2.05, 4.69) is 32.6 Å². The van der Waals surface area contributed by atoms with Crippen molar-refractivity contribution in [3.8, 4) is 16.9 Å². The average Bonchev–Trinajstić information content (AvgIpc) is 3.52. The summed E-state index contributed by atoms with van der Waals surface area (Å²) in [6.45, 7) is 3.75. The number of nitrogens with one attached hydrogen (secondary N) is 2. The fourth-order valence-corrected chi connectivity index (χ4v) is 4.07. The lowest BCUT2D eigenvalue weighted by Crippen LogP contribution is -2.26. The van der Waals surface area contributed by atoms with Crippen LogP contribution in [0.25, 0.3) is 22.0 Å². The Morgan fingerprint density at radius 1 is 1.18 bits per heavy atom. The Morgan fingerprint density at radius 3 is 2.85 bits per heavy atom. The summed E-state index contributed by atoms with van der Waals surface area (Å²) in [5.74, 6) is 2.38. The van der Waals surface area contributed by atoms with Crippen LogP contribution in [0.2, 0.25) is 0 Å². The summed E-state index contributed by atoms with van der Waals surface area (Å²) in [7, 11) is 3.54. The molecular weight excluding hydrogens is 418 g/mol. The second-order valence-corrected chi connectivity index (χ2v) is 8.29. The minimum absolute atomic E-state index is 0.233. The summed E-state index contributed by atoms with van der Waals surface area (Å²) in [5.41, 5.74) is 3.59. The maximum Gasteiger partial charge on any atom is 0.227 e. The summed E-state index contributed by atoms with van der Waals surface area (Å²) in [4.78, 5) is 13.8. The molecule has 0 spiro atoms. The fraction of sp³-hybridized carbons (Fsp3) is 0.333. The summed E-state index contributed by atoms with van der Waals surface area (Å²) >= 11 is 0. The van der Waals surface area contributed by atoms with E-state index < -0.39 is 0 Å². The SMILES string of the molecule is COc1cc(-c2cnn(C)c2)ccc1Nc1ncc2ccnc(NC(C)C3CCOC3)c2n1. The number of rotatable bonds is 7. The number of pyridine rings is 1. The van der Waals surface area contributed by atoms with Crippen molar-refractivity contribution in [2.24, 2.45) is 13.0 Å². The molecule has 2 unspecified atom stereocenters. The molecule has 170 valence electrons. The van der Waals surface area contributed by atoms with E-state index in [1.165, 1.54) is 0 Å². The van der Waals surface area contributed by atoms with Gasteiger partial charge in [-0.15, -0.1) is 0 Å². The molecule has 1 fully saturated rings. The van der Waals surface area contributed by atoms with Crippen LogP contribution in [0.3, 0.4) is 0 Å². The zero-order valence-electron chi connectivity index (χ0n) is 18.9. The van der Waals surface area contributed by atoms with Gasteiger partial charge in [0.15, 0.2) is 5.82 Å². The lowest BCUT2D eigenvalue weighted by atomic mass is 10.0. The molecule has 9 heteroatoms. The molecule has 4 aromatic rings. The van der Waals surface area contributed by atoms with Gasteiger partial charge in [-0.25, -0.2) is 15.0 Å². The Morgan fingerprint density at radius 2 is 2.09 bits per heavy atom. The van der Waals surface area contributed by atoms with Gasteiger partial charge in [-0.05, 0) is 37.1 Å². The summed E-state index contributed by atoms with van der Waals surface area (Å²) in [6.07, 6.45) is 8.43. The highest BCUT2D eigenvalue weighted by molar-refractivity contribution is 5.88. The van der Waals surface area contributed by atoms with Crippen molar-refractivity contribution >= 4 is 28.4 Å². The van der Waals surface area contributed by atoms with Crippen molar-refractivity contribution in [1.82, 2.24) is 24.7 Å². The van der Waals surface area contributed by atoms with Crippen LogP contribution in [0, 0.1) is 5.92 Å². The van der Waals surface area contributed by atoms with Crippen molar-refractivity contribution in [1.29, 1.82) is 0 Å². The lowest BCUT2D eigenvalue weighted by Gasteiger charge is -2.20. The molecule has 0 amide bonds. The first-order valence-electron chi connectivity index (χ1n) is 11.0.